The Morgan fingerprint density at radius 3 is 2.67 bits per heavy atom. The molecule has 1 heterocycles. The monoisotopic (exact) mass is 262 g/mol. The molecule has 2 aromatic rings. The summed E-state index contributed by atoms with van der Waals surface area (Å²) >= 11 is 5.70. The van der Waals surface area contributed by atoms with Crippen molar-refractivity contribution in [1.29, 1.82) is 0 Å². The Labute approximate surface area is 111 Å². The van der Waals surface area contributed by atoms with Crippen molar-refractivity contribution in [3.8, 4) is 0 Å². The number of aryl methyl sites for hydroxylation is 2. The van der Waals surface area contributed by atoms with Crippen LogP contribution in [0.25, 0.3) is 0 Å². The van der Waals surface area contributed by atoms with Gasteiger partial charge in [0.1, 0.15) is 5.82 Å². The zero-order valence-corrected chi connectivity index (χ0v) is 11.2. The quantitative estimate of drug-likeness (QED) is 0.865. The van der Waals surface area contributed by atoms with Crippen LogP contribution in [0.2, 0.25) is 0 Å². The highest BCUT2D eigenvalue weighted by atomic mass is 35.5. The fraction of sp³-hybridized carbons (Fsp3) is 0.286. The molecule has 18 heavy (non-hydrogen) atoms. The molecule has 0 radical (unpaired) electrons. The first-order chi connectivity index (χ1) is 8.58. The maximum Gasteiger partial charge on any atom is 0.251 e. The minimum atomic E-state index is -0.153. The van der Waals surface area contributed by atoms with Crippen molar-refractivity contribution in [3.05, 3.63) is 62.8 Å². The molecular formula is C14H15ClN2O. The second-order valence-electron chi connectivity index (χ2n) is 4.41. The number of aromatic nitrogens is 2. The zero-order valence-electron chi connectivity index (χ0n) is 10.5. The van der Waals surface area contributed by atoms with Crippen LogP contribution in [0, 0.1) is 13.8 Å². The summed E-state index contributed by atoms with van der Waals surface area (Å²) in [5.41, 5.74) is 4.09. The predicted octanol–water partition coefficient (Wildman–Crippen LogP) is 2.72. The van der Waals surface area contributed by atoms with E-state index in [-0.39, 0.29) is 11.4 Å². The first-order valence-corrected chi connectivity index (χ1v) is 6.33. The van der Waals surface area contributed by atoms with Gasteiger partial charge < -0.3 is 4.98 Å². The maximum absolute atomic E-state index is 11.4. The molecule has 94 valence electrons. The second-order valence-corrected chi connectivity index (χ2v) is 4.68. The van der Waals surface area contributed by atoms with E-state index >= 15 is 0 Å². The number of halogens is 1. The first kappa shape index (κ1) is 12.8. The maximum atomic E-state index is 11.4. The molecule has 0 unspecified atom stereocenters. The summed E-state index contributed by atoms with van der Waals surface area (Å²) < 4.78 is 0. The number of nitrogens with zero attached hydrogens (tertiary/aromatic N) is 1. The van der Waals surface area contributed by atoms with Gasteiger partial charge in [-0.3, -0.25) is 4.79 Å². The van der Waals surface area contributed by atoms with Crippen molar-refractivity contribution in [3.63, 3.8) is 0 Å². The highest BCUT2D eigenvalue weighted by molar-refractivity contribution is 6.16. The number of aromatic amines is 1. The van der Waals surface area contributed by atoms with Gasteiger partial charge in [0.25, 0.3) is 5.56 Å². The Bertz CT molecular complexity index is 619. The van der Waals surface area contributed by atoms with Crippen LogP contribution in [0.15, 0.2) is 29.1 Å². The van der Waals surface area contributed by atoms with E-state index < -0.39 is 0 Å². The van der Waals surface area contributed by atoms with Gasteiger partial charge in [0, 0.05) is 12.5 Å². The van der Waals surface area contributed by atoms with Crippen LogP contribution in [0.5, 0.6) is 0 Å². The summed E-state index contributed by atoms with van der Waals surface area (Å²) in [5.74, 6) is 0.908. The van der Waals surface area contributed by atoms with E-state index in [9.17, 15) is 4.79 Å². The lowest BCUT2D eigenvalue weighted by molar-refractivity contribution is 0.914. The number of nitrogens with one attached hydrogen (secondary N) is 1. The van der Waals surface area contributed by atoms with Crippen LogP contribution in [-0.4, -0.2) is 9.97 Å². The number of alkyl halides is 1. The molecule has 0 atom stereocenters. The molecule has 2 rings (SSSR count). The van der Waals surface area contributed by atoms with Crippen molar-refractivity contribution >= 4 is 11.6 Å². The Balaban J connectivity index is 2.30. The zero-order chi connectivity index (χ0) is 13.1. The van der Waals surface area contributed by atoms with Crippen LogP contribution in [0.3, 0.4) is 0 Å². The Morgan fingerprint density at radius 1 is 1.22 bits per heavy atom. The topological polar surface area (TPSA) is 45.8 Å². The number of hydrogen-bond donors (Lipinski definition) is 1. The Kier molecular flexibility index (Phi) is 3.82. The third-order valence-corrected chi connectivity index (χ3v) is 3.20. The third-order valence-electron chi connectivity index (χ3n) is 2.92. The van der Waals surface area contributed by atoms with Crippen LogP contribution in [-0.2, 0) is 12.3 Å². The summed E-state index contributed by atoms with van der Waals surface area (Å²) in [6, 6.07) is 7.67. The third kappa shape index (κ3) is 2.99. The largest absolute Gasteiger partial charge is 0.310 e. The summed E-state index contributed by atoms with van der Waals surface area (Å²) in [6.07, 6.45) is 0.612. The van der Waals surface area contributed by atoms with E-state index in [1.807, 2.05) is 0 Å². The number of H-pyrrole nitrogens is 1. The van der Waals surface area contributed by atoms with E-state index in [2.05, 4.69) is 42.0 Å². The molecule has 0 aliphatic rings. The smallest absolute Gasteiger partial charge is 0.251 e. The van der Waals surface area contributed by atoms with Crippen LogP contribution >= 0.6 is 11.6 Å². The van der Waals surface area contributed by atoms with Gasteiger partial charge in [-0.25, -0.2) is 4.98 Å². The molecule has 4 heteroatoms. The SMILES string of the molecule is Cc1ccc(Cc2nc(CCl)cc(=O)[nH]2)cc1C. The van der Waals surface area contributed by atoms with Crippen LogP contribution in [0.4, 0.5) is 0 Å². The molecule has 0 fully saturated rings. The van der Waals surface area contributed by atoms with E-state index in [1.165, 1.54) is 17.2 Å². The molecule has 0 saturated heterocycles. The molecule has 0 aliphatic heterocycles. The van der Waals surface area contributed by atoms with Crippen LogP contribution < -0.4 is 5.56 Å². The van der Waals surface area contributed by atoms with Crippen LogP contribution in [0.1, 0.15) is 28.2 Å². The minimum Gasteiger partial charge on any atom is -0.310 e. The minimum absolute atomic E-state index is 0.153. The number of benzene rings is 1. The number of hydrogen-bond acceptors (Lipinski definition) is 2. The summed E-state index contributed by atoms with van der Waals surface area (Å²) in [7, 11) is 0. The van der Waals surface area contributed by atoms with Gasteiger partial charge in [-0.1, -0.05) is 18.2 Å². The van der Waals surface area contributed by atoms with Crippen molar-refractivity contribution in [2.24, 2.45) is 0 Å². The van der Waals surface area contributed by atoms with Gasteiger partial charge in [0.15, 0.2) is 0 Å². The highest BCUT2D eigenvalue weighted by Crippen LogP contribution is 2.12. The lowest BCUT2D eigenvalue weighted by atomic mass is 10.0. The first-order valence-electron chi connectivity index (χ1n) is 5.79. The predicted molar refractivity (Wildman–Crippen MR) is 73.1 cm³/mol. The van der Waals surface area contributed by atoms with Crippen molar-refractivity contribution in [2.75, 3.05) is 0 Å². The van der Waals surface area contributed by atoms with Gasteiger partial charge in [-0.15, -0.1) is 11.6 Å². The summed E-state index contributed by atoms with van der Waals surface area (Å²) in [4.78, 5) is 18.5. The summed E-state index contributed by atoms with van der Waals surface area (Å²) in [5, 5.41) is 0. The van der Waals surface area contributed by atoms with Gasteiger partial charge in [0.05, 0.1) is 11.6 Å². The average molecular weight is 263 g/mol. The number of rotatable bonds is 3. The van der Waals surface area contributed by atoms with Gasteiger partial charge in [0.2, 0.25) is 0 Å². The van der Waals surface area contributed by atoms with E-state index in [0.29, 0.717) is 17.9 Å². The van der Waals surface area contributed by atoms with E-state index in [1.54, 1.807) is 0 Å². The fourth-order valence-electron chi connectivity index (χ4n) is 1.82. The lowest BCUT2D eigenvalue weighted by Crippen LogP contribution is -2.12. The fourth-order valence-corrected chi connectivity index (χ4v) is 1.96. The van der Waals surface area contributed by atoms with E-state index in [0.717, 1.165) is 5.56 Å². The molecular weight excluding hydrogens is 248 g/mol. The normalized spacial score (nSPS) is 10.6. The lowest BCUT2D eigenvalue weighted by Gasteiger charge is -2.05. The van der Waals surface area contributed by atoms with Crippen molar-refractivity contribution in [2.45, 2.75) is 26.1 Å². The molecule has 0 bridgehead atoms. The van der Waals surface area contributed by atoms with Crippen molar-refractivity contribution < 1.29 is 0 Å². The second kappa shape index (κ2) is 5.36. The Morgan fingerprint density at radius 2 is 2.00 bits per heavy atom. The van der Waals surface area contributed by atoms with E-state index in [4.69, 9.17) is 11.6 Å². The molecule has 1 N–H and O–H groups in total. The summed E-state index contributed by atoms with van der Waals surface area (Å²) in [6.45, 7) is 4.15. The highest BCUT2D eigenvalue weighted by Gasteiger charge is 2.03. The van der Waals surface area contributed by atoms with Crippen molar-refractivity contribution in [1.82, 2.24) is 9.97 Å². The molecule has 3 nitrogen and oxygen atoms in total. The average Bonchev–Trinajstić information content (AvgIpc) is 2.33. The molecule has 0 amide bonds. The van der Waals surface area contributed by atoms with Gasteiger partial charge in [-0.05, 0) is 30.5 Å². The standard InChI is InChI=1S/C14H15ClN2O/c1-9-3-4-11(5-10(9)2)6-13-16-12(8-15)7-14(18)17-13/h3-5,7H,6,8H2,1-2H3,(H,16,17,18). The molecule has 0 saturated carbocycles. The van der Waals surface area contributed by atoms with Gasteiger partial charge >= 0.3 is 0 Å². The molecule has 1 aromatic carbocycles. The Hall–Kier alpha value is -1.61. The molecule has 0 aliphatic carbocycles. The van der Waals surface area contributed by atoms with Gasteiger partial charge in [-0.2, -0.15) is 0 Å². The molecule has 0 spiro atoms. The molecule has 1 aromatic heterocycles.